The van der Waals surface area contributed by atoms with E-state index >= 15 is 0 Å². The van der Waals surface area contributed by atoms with Gasteiger partial charge < -0.3 is 5.32 Å². The number of amides is 1. The van der Waals surface area contributed by atoms with Crippen LogP contribution in [0.2, 0.25) is 0 Å². The smallest absolute Gasteiger partial charge is 0.270 e. The van der Waals surface area contributed by atoms with Crippen molar-refractivity contribution in [1.82, 2.24) is 20.5 Å². The quantitative estimate of drug-likeness (QED) is 0.545. The number of rotatable bonds is 5. The molecule has 0 fully saturated rings. The summed E-state index contributed by atoms with van der Waals surface area (Å²) in [6.45, 7) is 0.466. The van der Waals surface area contributed by atoms with E-state index in [9.17, 15) is 9.18 Å². The van der Waals surface area contributed by atoms with Crippen molar-refractivity contribution in [1.29, 1.82) is 0 Å². The summed E-state index contributed by atoms with van der Waals surface area (Å²) in [6, 6.07) is 13.6. The van der Waals surface area contributed by atoms with Gasteiger partial charge >= 0.3 is 0 Å². The van der Waals surface area contributed by atoms with Crippen LogP contribution in [0.15, 0.2) is 53.9 Å². The van der Waals surface area contributed by atoms with Crippen LogP contribution >= 0.6 is 11.3 Å². The molecule has 0 aliphatic rings. The zero-order valence-electron chi connectivity index (χ0n) is 14.1. The minimum Gasteiger partial charge on any atom is -0.346 e. The zero-order valence-corrected chi connectivity index (χ0v) is 15.0. The number of aromatic nitrogens is 3. The standard InChI is InChI=1S/C20H15FN4OS/c21-14-4-1-3-13(11-14)6-7-16-19-17(25-24-16)8-9-18(23-19)20(26)22-12-15-5-2-10-27-15/h1-11H,12H2,(H,22,26)(H,24,25)/b7-6+. The first-order valence-electron chi connectivity index (χ1n) is 8.28. The van der Waals surface area contributed by atoms with E-state index < -0.39 is 0 Å². The molecule has 0 aliphatic carbocycles. The van der Waals surface area contributed by atoms with Crippen molar-refractivity contribution in [2.24, 2.45) is 0 Å². The fourth-order valence-corrected chi connectivity index (χ4v) is 3.26. The van der Waals surface area contributed by atoms with Crippen molar-refractivity contribution in [2.45, 2.75) is 6.54 Å². The van der Waals surface area contributed by atoms with Gasteiger partial charge in [-0.15, -0.1) is 11.3 Å². The van der Waals surface area contributed by atoms with E-state index in [1.165, 1.54) is 12.1 Å². The minimum atomic E-state index is -0.299. The van der Waals surface area contributed by atoms with Crippen molar-refractivity contribution in [3.05, 3.63) is 81.6 Å². The number of benzene rings is 1. The van der Waals surface area contributed by atoms with Crippen LogP contribution in [0.25, 0.3) is 23.2 Å². The highest BCUT2D eigenvalue weighted by Crippen LogP contribution is 2.17. The van der Waals surface area contributed by atoms with Crippen molar-refractivity contribution >= 4 is 40.4 Å². The molecule has 4 aromatic rings. The van der Waals surface area contributed by atoms with Crippen molar-refractivity contribution < 1.29 is 9.18 Å². The SMILES string of the molecule is O=C(NCc1cccs1)c1ccc2[nH]nc(/C=C/c3cccc(F)c3)c2n1. The number of H-pyrrole nitrogens is 1. The molecule has 4 rings (SSSR count). The van der Waals surface area contributed by atoms with Gasteiger partial charge in [0.1, 0.15) is 22.7 Å². The molecule has 27 heavy (non-hydrogen) atoms. The molecule has 2 N–H and O–H groups in total. The van der Waals surface area contributed by atoms with Crippen LogP contribution in [-0.2, 0) is 6.54 Å². The second kappa shape index (κ2) is 7.51. The highest BCUT2D eigenvalue weighted by molar-refractivity contribution is 7.09. The summed E-state index contributed by atoms with van der Waals surface area (Å²) in [4.78, 5) is 17.9. The molecular formula is C20H15FN4OS. The third kappa shape index (κ3) is 3.93. The number of halogens is 1. The Morgan fingerprint density at radius 1 is 1.19 bits per heavy atom. The van der Waals surface area contributed by atoms with Gasteiger partial charge in [0.15, 0.2) is 0 Å². The van der Waals surface area contributed by atoms with E-state index in [0.29, 0.717) is 23.4 Å². The van der Waals surface area contributed by atoms with E-state index in [4.69, 9.17) is 0 Å². The molecule has 134 valence electrons. The van der Waals surface area contributed by atoms with Gasteiger partial charge in [-0.05, 0) is 47.4 Å². The summed E-state index contributed by atoms with van der Waals surface area (Å²) in [6.07, 6.45) is 3.50. The number of carbonyl (C=O) groups excluding carboxylic acids is 1. The summed E-state index contributed by atoms with van der Waals surface area (Å²) < 4.78 is 13.3. The number of aromatic amines is 1. The Morgan fingerprint density at radius 2 is 2.11 bits per heavy atom. The molecule has 7 heteroatoms. The molecule has 0 atom stereocenters. The molecule has 0 radical (unpaired) electrons. The summed E-state index contributed by atoms with van der Waals surface area (Å²) >= 11 is 1.59. The molecule has 0 spiro atoms. The van der Waals surface area contributed by atoms with Crippen molar-refractivity contribution in [3.8, 4) is 0 Å². The first kappa shape index (κ1) is 17.1. The van der Waals surface area contributed by atoms with Crippen LogP contribution in [-0.4, -0.2) is 21.1 Å². The Bertz CT molecular complexity index is 1120. The lowest BCUT2D eigenvalue weighted by atomic mass is 10.2. The van der Waals surface area contributed by atoms with Gasteiger partial charge in [-0.25, -0.2) is 9.37 Å². The van der Waals surface area contributed by atoms with Gasteiger partial charge in [0, 0.05) is 4.88 Å². The molecule has 0 unspecified atom stereocenters. The first-order chi connectivity index (χ1) is 13.2. The van der Waals surface area contributed by atoms with Crippen LogP contribution in [0.3, 0.4) is 0 Å². The van der Waals surface area contributed by atoms with Gasteiger partial charge in [-0.2, -0.15) is 5.10 Å². The van der Waals surface area contributed by atoms with Crippen molar-refractivity contribution in [3.63, 3.8) is 0 Å². The van der Waals surface area contributed by atoms with E-state index in [2.05, 4.69) is 20.5 Å². The van der Waals surface area contributed by atoms with Gasteiger partial charge in [-0.1, -0.05) is 24.3 Å². The first-order valence-corrected chi connectivity index (χ1v) is 9.16. The molecule has 1 aromatic carbocycles. The van der Waals surface area contributed by atoms with E-state index in [-0.39, 0.29) is 11.7 Å². The number of fused-ring (bicyclic) bond motifs is 1. The predicted molar refractivity (Wildman–Crippen MR) is 105 cm³/mol. The van der Waals surface area contributed by atoms with Crippen LogP contribution < -0.4 is 5.32 Å². The summed E-state index contributed by atoms with van der Waals surface area (Å²) in [5, 5.41) is 11.9. The normalized spacial score (nSPS) is 11.3. The lowest BCUT2D eigenvalue weighted by molar-refractivity contribution is 0.0946. The average Bonchev–Trinajstić information content (AvgIpc) is 3.34. The van der Waals surface area contributed by atoms with Gasteiger partial charge in [0.25, 0.3) is 5.91 Å². The molecule has 0 bridgehead atoms. The van der Waals surface area contributed by atoms with Gasteiger partial charge in [0.05, 0.1) is 12.1 Å². The second-order valence-electron chi connectivity index (χ2n) is 5.85. The number of thiophene rings is 1. The van der Waals surface area contributed by atoms with Crippen LogP contribution in [0, 0.1) is 5.82 Å². The van der Waals surface area contributed by atoms with Gasteiger partial charge in [0.2, 0.25) is 0 Å². The van der Waals surface area contributed by atoms with Crippen LogP contribution in [0.5, 0.6) is 0 Å². The zero-order chi connectivity index (χ0) is 18.6. The molecule has 3 heterocycles. The lowest BCUT2D eigenvalue weighted by Gasteiger charge is -2.03. The summed E-state index contributed by atoms with van der Waals surface area (Å²) in [7, 11) is 0. The Balaban J connectivity index is 1.56. The van der Waals surface area contributed by atoms with E-state index in [1.807, 2.05) is 17.5 Å². The molecule has 1 amide bonds. The van der Waals surface area contributed by atoms with Crippen LogP contribution in [0.1, 0.15) is 26.6 Å². The number of pyridine rings is 1. The monoisotopic (exact) mass is 378 g/mol. The maximum absolute atomic E-state index is 13.3. The highest BCUT2D eigenvalue weighted by atomic mass is 32.1. The van der Waals surface area contributed by atoms with E-state index in [1.54, 1.807) is 47.8 Å². The topological polar surface area (TPSA) is 70.7 Å². The van der Waals surface area contributed by atoms with E-state index in [0.717, 1.165) is 16.0 Å². The average molecular weight is 378 g/mol. The Labute approximate surface area is 158 Å². The molecule has 3 aromatic heterocycles. The fraction of sp³-hybridized carbons (Fsp3) is 0.0500. The largest absolute Gasteiger partial charge is 0.346 e. The fourth-order valence-electron chi connectivity index (χ4n) is 2.62. The Kier molecular flexibility index (Phi) is 4.76. The lowest BCUT2D eigenvalue weighted by Crippen LogP contribution is -2.23. The third-order valence-electron chi connectivity index (χ3n) is 3.95. The second-order valence-corrected chi connectivity index (χ2v) is 6.88. The third-order valence-corrected chi connectivity index (χ3v) is 4.83. The highest BCUT2D eigenvalue weighted by Gasteiger charge is 2.11. The summed E-state index contributed by atoms with van der Waals surface area (Å²) in [5.74, 6) is -0.543. The molecule has 0 aliphatic heterocycles. The minimum absolute atomic E-state index is 0.244. The number of carbonyl (C=O) groups is 1. The van der Waals surface area contributed by atoms with Gasteiger partial charge in [-0.3, -0.25) is 9.89 Å². The number of nitrogens with zero attached hydrogens (tertiary/aromatic N) is 2. The Hall–Kier alpha value is -3.32. The maximum Gasteiger partial charge on any atom is 0.270 e. The molecule has 5 nitrogen and oxygen atoms in total. The molecular weight excluding hydrogens is 363 g/mol. The number of hydrogen-bond donors (Lipinski definition) is 2. The number of hydrogen-bond acceptors (Lipinski definition) is 4. The predicted octanol–water partition coefficient (Wildman–Crippen LogP) is 4.26. The molecule has 0 saturated carbocycles. The maximum atomic E-state index is 13.3. The summed E-state index contributed by atoms with van der Waals surface area (Å²) in [5.41, 5.74) is 2.94. The Morgan fingerprint density at radius 3 is 2.93 bits per heavy atom. The van der Waals surface area contributed by atoms with Crippen molar-refractivity contribution in [2.75, 3.05) is 0 Å². The van der Waals surface area contributed by atoms with Crippen LogP contribution in [0.4, 0.5) is 4.39 Å². The molecule has 0 saturated heterocycles. The number of nitrogens with one attached hydrogen (secondary N) is 2.